The number of nitrogens with zero attached hydrogens (tertiary/aromatic N) is 5. The Bertz CT molecular complexity index is 3970. The number of hydrogen-bond donors (Lipinski definition) is 1. The van der Waals surface area contributed by atoms with Crippen molar-refractivity contribution in [3.05, 3.63) is 150 Å². The summed E-state index contributed by atoms with van der Waals surface area (Å²) in [4.78, 5) is 105. The molecular weight excluding hydrogens is 1340 g/mol. The van der Waals surface area contributed by atoms with Crippen LogP contribution in [-0.2, 0) is 47.5 Å². The van der Waals surface area contributed by atoms with Crippen LogP contribution >= 0.6 is 39.1 Å². The molecule has 0 unspecified atom stereocenters. The average molecular weight is 1420 g/mol. The molecule has 3 aliphatic heterocycles. The van der Waals surface area contributed by atoms with Gasteiger partial charge in [0.15, 0.2) is 0 Å². The van der Waals surface area contributed by atoms with Crippen molar-refractivity contribution < 1.29 is 66.7 Å². The van der Waals surface area contributed by atoms with Crippen LogP contribution in [0.4, 0.5) is 36.2 Å². The number of carbonyl (C=O) groups excluding carboxylic acids is 7. The first-order valence-electron chi connectivity index (χ1n) is 31.0. The van der Waals surface area contributed by atoms with Crippen LogP contribution in [0.3, 0.4) is 0 Å². The van der Waals surface area contributed by atoms with Crippen LogP contribution in [0.15, 0.2) is 127 Å². The summed E-state index contributed by atoms with van der Waals surface area (Å²) in [6.45, 7) is 29.9. The first-order chi connectivity index (χ1) is 44.8. The zero-order chi connectivity index (χ0) is 71.4. The van der Waals surface area contributed by atoms with Crippen molar-refractivity contribution in [3.63, 3.8) is 0 Å². The van der Waals surface area contributed by atoms with E-state index in [2.05, 4.69) is 30.9 Å². The predicted molar refractivity (Wildman–Crippen MR) is 379 cm³/mol. The highest BCUT2D eigenvalue weighted by molar-refractivity contribution is 9.10. The van der Waals surface area contributed by atoms with Crippen LogP contribution < -0.4 is 5.73 Å². The van der Waals surface area contributed by atoms with Gasteiger partial charge in [0, 0.05) is 68.3 Å². The SMILES string of the molecule is CCOC(=O)C1=Cc2cc(-c3cccc(C)c3Cl)ccc2N=C(N(C(=O)OC(C)(C)C)C(=O)OC(C)(C)C)C1.CCOC(=O)C1=Cc2cc(-c3cccc(C)c3Cl)ccc2N=C(N)C1.CCOC(=O)C1=Cc2cc(Br)ccc2N=C(N(C(=O)OC(C)(C)C)C(=O)OC(C)(C)C)C1. The molecule has 0 aromatic heterocycles. The van der Waals surface area contributed by atoms with Gasteiger partial charge in [0.1, 0.15) is 39.9 Å². The molecule has 4 amide bonds. The van der Waals surface area contributed by atoms with E-state index in [0.717, 1.165) is 58.9 Å². The van der Waals surface area contributed by atoms with Crippen LogP contribution in [-0.4, -0.2) is 112 Å². The van der Waals surface area contributed by atoms with Crippen LogP contribution in [0.1, 0.15) is 151 Å². The Morgan fingerprint density at radius 1 is 0.458 bits per heavy atom. The Kier molecular flexibility index (Phi) is 25.5. The van der Waals surface area contributed by atoms with Gasteiger partial charge in [0.05, 0.1) is 46.9 Å². The number of imide groups is 2. The van der Waals surface area contributed by atoms with Crippen molar-refractivity contribution >= 4 is 134 Å². The summed E-state index contributed by atoms with van der Waals surface area (Å²) in [6.07, 6.45) is 1.21. The quantitative estimate of drug-likeness (QED) is 0.112. The molecule has 20 nitrogen and oxygen atoms in total. The molecule has 8 rings (SSSR count). The molecule has 96 heavy (non-hydrogen) atoms. The number of ether oxygens (including phenoxy) is 7. The lowest BCUT2D eigenvalue weighted by Crippen LogP contribution is -2.47. The number of halogens is 3. The number of amides is 4. The van der Waals surface area contributed by atoms with E-state index in [9.17, 15) is 33.6 Å². The molecule has 0 bridgehead atoms. The molecule has 0 radical (unpaired) electrons. The maximum atomic E-state index is 13.3. The van der Waals surface area contributed by atoms with E-state index in [0.29, 0.717) is 50.6 Å². The molecule has 2 N–H and O–H groups in total. The lowest BCUT2D eigenvalue weighted by Gasteiger charge is -2.29. The third-order valence-electron chi connectivity index (χ3n) is 13.3. The normalized spacial score (nSPS) is 13.5. The lowest BCUT2D eigenvalue weighted by molar-refractivity contribution is -0.139. The smallest absolute Gasteiger partial charge is 0.425 e. The van der Waals surface area contributed by atoms with E-state index in [1.165, 1.54) is 0 Å². The largest absolute Gasteiger partial charge is 0.463 e. The van der Waals surface area contributed by atoms with E-state index < -0.39 is 58.7 Å². The highest BCUT2D eigenvalue weighted by Gasteiger charge is 2.39. The summed E-state index contributed by atoms with van der Waals surface area (Å²) in [5.74, 6) is -1.18. The highest BCUT2D eigenvalue weighted by atomic mass is 79.9. The average Bonchev–Trinajstić information content (AvgIpc) is 1.59. The monoisotopic (exact) mass is 1420 g/mol. The molecule has 5 aromatic rings. The van der Waals surface area contributed by atoms with Gasteiger partial charge in [-0.25, -0.2) is 48.5 Å². The molecule has 3 aliphatic rings. The van der Waals surface area contributed by atoms with Gasteiger partial charge in [0.25, 0.3) is 0 Å². The van der Waals surface area contributed by atoms with Crippen LogP contribution in [0.2, 0.25) is 10.0 Å². The van der Waals surface area contributed by atoms with E-state index >= 15 is 0 Å². The highest BCUT2D eigenvalue weighted by Crippen LogP contribution is 2.39. The Morgan fingerprint density at radius 3 is 1.10 bits per heavy atom. The topological polar surface area (TPSA) is 254 Å². The van der Waals surface area contributed by atoms with Gasteiger partial charge in [-0.1, -0.05) is 87.7 Å². The number of hydrogen-bond acceptors (Lipinski definition) is 18. The maximum Gasteiger partial charge on any atom is 0.425 e. The number of aliphatic imine (C=N–C) groups is 3. The summed E-state index contributed by atoms with van der Waals surface area (Å²) >= 11 is 16.4. The first-order valence-corrected chi connectivity index (χ1v) is 32.6. The predicted octanol–water partition coefficient (Wildman–Crippen LogP) is 18.5. The molecule has 0 atom stereocenters. The fourth-order valence-electron chi connectivity index (χ4n) is 9.29. The number of amidine groups is 3. The van der Waals surface area contributed by atoms with Crippen LogP contribution in [0.25, 0.3) is 40.5 Å². The fourth-order valence-corrected chi connectivity index (χ4v) is 10.1. The molecule has 3 heterocycles. The van der Waals surface area contributed by atoms with Crippen molar-refractivity contribution in [1.29, 1.82) is 0 Å². The lowest BCUT2D eigenvalue weighted by atomic mass is 9.99. The van der Waals surface area contributed by atoms with Crippen LogP contribution in [0.5, 0.6) is 0 Å². The summed E-state index contributed by atoms with van der Waals surface area (Å²) < 4.78 is 38.3. The van der Waals surface area contributed by atoms with Gasteiger partial charge in [0.2, 0.25) is 0 Å². The molecule has 0 saturated carbocycles. The van der Waals surface area contributed by atoms with E-state index in [-0.39, 0.29) is 61.3 Å². The molecule has 5 aromatic carbocycles. The zero-order valence-corrected chi connectivity index (χ0v) is 60.4. The number of nitrogens with two attached hydrogens (primary N) is 1. The number of rotatable bonds is 8. The minimum Gasteiger partial charge on any atom is -0.463 e. The number of aryl methyl sites for hydroxylation is 2. The first kappa shape index (κ1) is 76.1. The van der Waals surface area contributed by atoms with Gasteiger partial charge < -0.3 is 38.9 Å². The Hall–Kier alpha value is -8.92. The molecular formula is C73H83BrCl2N6O14. The van der Waals surface area contributed by atoms with Gasteiger partial charge >= 0.3 is 42.3 Å². The van der Waals surface area contributed by atoms with Crippen LogP contribution in [0, 0.1) is 13.8 Å². The van der Waals surface area contributed by atoms with Gasteiger partial charge in [-0.3, -0.25) is 0 Å². The Morgan fingerprint density at radius 2 is 0.771 bits per heavy atom. The minimum absolute atomic E-state index is 0.00567. The Balaban J connectivity index is 0.000000233. The van der Waals surface area contributed by atoms with Crippen molar-refractivity contribution in [2.75, 3.05) is 19.8 Å². The molecule has 23 heteroatoms. The molecule has 0 fully saturated rings. The summed E-state index contributed by atoms with van der Waals surface area (Å²) in [5, 5.41) is 1.33. The van der Waals surface area contributed by atoms with Crippen molar-refractivity contribution in [1.82, 2.24) is 9.80 Å². The maximum absolute atomic E-state index is 13.3. The number of carbonyl (C=O) groups is 7. The van der Waals surface area contributed by atoms with Gasteiger partial charge in [-0.2, -0.15) is 9.80 Å². The summed E-state index contributed by atoms with van der Waals surface area (Å²) in [5.41, 5.74) is 12.5. The summed E-state index contributed by atoms with van der Waals surface area (Å²) in [6, 6.07) is 28.2. The second-order valence-electron chi connectivity index (χ2n) is 26.1. The third-order valence-corrected chi connectivity index (χ3v) is 14.8. The van der Waals surface area contributed by atoms with E-state index in [1.54, 1.807) is 146 Å². The molecule has 510 valence electrons. The Labute approximate surface area is 579 Å². The summed E-state index contributed by atoms with van der Waals surface area (Å²) in [7, 11) is 0. The standard InChI is InChI=1S/C30H35ClN2O6.C23H29BrN2O6.C20H19ClN2O2/c1-9-37-26(34)21-16-20-15-19(22-12-10-11-18(2)25(22)31)13-14-23(20)32-24(17-21)33(27(35)38-29(3,4)5)28(36)39-30(6,7)8;1-8-30-19(27)15-11-14-12-16(24)9-10-17(14)25-18(13-15)26(20(28)31-22(2,3)4)21(29)32-23(5,6)7;1-3-25-20(24)15-10-14-9-13(7-8-17(14)23-18(22)11-15)16-6-4-5-12(2)19(16)21/h10-16H,9,17H2,1-8H3;9-12H,8,13H2,1-7H3;4-10H,3,11H2,1-2H3,(H2,22,23). The van der Waals surface area contributed by atoms with Gasteiger partial charge in [-0.15, -0.1) is 0 Å². The second kappa shape index (κ2) is 32.2. The zero-order valence-electron chi connectivity index (χ0n) is 57.3. The van der Waals surface area contributed by atoms with E-state index in [4.69, 9.17) is 62.1 Å². The minimum atomic E-state index is -0.967. The van der Waals surface area contributed by atoms with Crippen molar-refractivity contribution in [3.8, 4) is 22.3 Å². The molecule has 0 spiro atoms. The fraction of sp³-hybridized carbons (Fsp3) is 0.370. The number of benzene rings is 5. The van der Waals surface area contributed by atoms with E-state index in [1.807, 2.05) is 80.6 Å². The second-order valence-corrected chi connectivity index (χ2v) is 27.7. The van der Waals surface area contributed by atoms with Crippen molar-refractivity contribution in [2.45, 2.75) is 159 Å². The number of esters is 3. The van der Waals surface area contributed by atoms with Crippen molar-refractivity contribution in [2.24, 2.45) is 20.7 Å². The third kappa shape index (κ3) is 21.5. The number of fused-ring (bicyclic) bond motifs is 3. The molecule has 0 saturated heterocycles. The molecule has 0 aliphatic carbocycles. The van der Waals surface area contributed by atoms with Gasteiger partial charge in [-0.05, 0) is 201 Å².